The first kappa shape index (κ1) is 11.6. The van der Waals surface area contributed by atoms with Crippen molar-refractivity contribution in [3.05, 3.63) is 70.1 Å². The summed E-state index contributed by atoms with van der Waals surface area (Å²) < 4.78 is 0. The smallest absolute Gasteiger partial charge is 0.248 e. The largest absolute Gasteiger partial charge is 0.386 e. The number of nitrogens with one attached hydrogen (secondary N) is 1. The highest BCUT2D eigenvalue weighted by molar-refractivity contribution is 5.24. The Morgan fingerprint density at radius 2 is 1.82 bits per heavy atom. The Bertz CT molecular complexity index is 536. The van der Waals surface area contributed by atoms with Gasteiger partial charge in [0.1, 0.15) is 0 Å². The van der Waals surface area contributed by atoms with Crippen molar-refractivity contribution in [2.45, 2.75) is 12.1 Å². The molecule has 0 aliphatic carbocycles. The van der Waals surface area contributed by atoms with Crippen LogP contribution in [0, 0.1) is 0 Å². The van der Waals surface area contributed by atoms with E-state index in [-0.39, 0.29) is 5.56 Å². The summed E-state index contributed by atoms with van der Waals surface area (Å²) in [4.78, 5) is 13.7. The summed E-state index contributed by atoms with van der Waals surface area (Å²) in [5, 5.41) is 10.1. The molecule has 0 fully saturated rings. The summed E-state index contributed by atoms with van der Waals surface area (Å²) in [6.45, 7) is 0. The third-order valence-electron chi connectivity index (χ3n) is 2.67. The molecule has 0 radical (unpaired) electrons. The molecule has 0 saturated heterocycles. The lowest BCUT2D eigenvalue weighted by Crippen LogP contribution is -2.21. The molecular formula is C13H14N2O2. The molecule has 0 aliphatic rings. The monoisotopic (exact) mass is 230 g/mol. The first-order valence-corrected chi connectivity index (χ1v) is 5.36. The van der Waals surface area contributed by atoms with Crippen LogP contribution in [0.1, 0.15) is 23.3 Å². The number of hydrogen-bond acceptors (Lipinski definition) is 3. The molecule has 0 saturated carbocycles. The van der Waals surface area contributed by atoms with E-state index in [0.717, 1.165) is 5.56 Å². The highest BCUT2D eigenvalue weighted by Crippen LogP contribution is 2.25. The second-order valence-corrected chi connectivity index (χ2v) is 3.87. The Kier molecular flexibility index (Phi) is 3.37. The fraction of sp³-hybridized carbons (Fsp3) is 0.154. The lowest BCUT2D eigenvalue weighted by Gasteiger charge is -2.19. The van der Waals surface area contributed by atoms with Crippen molar-refractivity contribution >= 4 is 0 Å². The van der Waals surface area contributed by atoms with E-state index in [1.807, 2.05) is 18.2 Å². The van der Waals surface area contributed by atoms with Gasteiger partial charge in [-0.3, -0.25) is 4.79 Å². The van der Waals surface area contributed by atoms with Crippen molar-refractivity contribution in [3.8, 4) is 0 Å². The number of rotatable bonds is 3. The van der Waals surface area contributed by atoms with Gasteiger partial charge in [-0.05, 0) is 17.2 Å². The molecule has 2 unspecified atom stereocenters. The molecule has 2 atom stereocenters. The second-order valence-electron chi connectivity index (χ2n) is 3.87. The van der Waals surface area contributed by atoms with Gasteiger partial charge in [0.2, 0.25) is 5.56 Å². The first-order chi connectivity index (χ1) is 8.18. The highest BCUT2D eigenvalue weighted by Gasteiger charge is 2.18. The Balaban J connectivity index is 2.26. The lowest BCUT2D eigenvalue weighted by atomic mass is 9.97. The fourth-order valence-corrected chi connectivity index (χ4v) is 1.71. The predicted molar refractivity (Wildman–Crippen MR) is 65.4 cm³/mol. The normalized spacial score (nSPS) is 14.2. The minimum Gasteiger partial charge on any atom is -0.386 e. The number of aliphatic hydroxyl groups is 1. The second kappa shape index (κ2) is 4.95. The molecule has 88 valence electrons. The van der Waals surface area contributed by atoms with E-state index in [0.29, 0.717) is 5.56 Å². The van der Waals surface area contributed by atoms with Gasteiger partial charge < -0.3 is 15.8 Å². The summed E-state index contributed by atoms with van der Waals surface area (Å²) in [6, 6.07) is 11.6. The van der Waals surface area contributed by atoms with Crippen molar-refractivity contribution < 1.29 is 5.11 Å². The molecule has 4 heteroatoms. The van der Waals surface area contributed by atoms with Crippen molar-refractivity contribution in [1.82, 2.24) is 4.98 Å². The van der Waals surface area contributed by atoms with Crippen LogP contribution in [0.2, 0.25) is 0 Å². The van der Waals surface area contributed by atoms with Crippen molar-refractivity contribution in [3.63, 3.8) is 0 Å². The fourth-order valence-electron chi connectivity index (χ4n) is 1.71. The number of H-pyrrole nitrogens is 1. The van der Waals surface area contributed by atoms with Crippen LogP contribution >= 0.6 is 0 Å². The lowest BCUT2D eigenvalue weighted by molar-refractivity contribution is 0.147. The molecule has 1 aromatic heterocycles. The highest BCUT2D eigenvalue weighted by atomic mass is 16.3. The van der Waals surface area contributed by atoms with Gasteiger partial charge in [-0.25, -0.2) is 0 Å². The maximum Gasteiger partial charge on any atom is 0.248 e. The molecule has 2 aromatic rings. The van der Waals surface area contributed by atoms with Gasteiger partial charge in [0, 0.05) is 12.3 Å². The predicted octanol–water partition coefficient (Wildman–Crippen LogP) is 1.11. The Morgan fingerprint density at radius 3 is 2.47 bits per heavy atom. The van der Waals surface area contributed by atoms with Gasteiger partial charge in [0.25, 0.3) is 0 Å². The summed E-state index contributed by atoms with van der Waals surface area (Å²) in [5.74, 6) is 0. The molecule has 2 rings (SSSR count). The number of benzene rings is 1. The molecule has 0 bridgehead atoms. The molecule has 0 spiro atoms. The molecular weight excluding hydrogens is 216 g/mol. The quantitative estimate of drug-likeness (QED) is 0.739. The topological polar surface area (TPSA) is 79.1 Å². The zero-order valence-electron chi connectivity index (χ0n) is 9.21. The minimum atomic E-state index is -0.821. The molecule has 1 heterocycles. The number of nitrogens with two attached hydrogens (primary N) is 1. The zero-order valence-corrected chi connectivity index (χ0v) is 9.21. The summed E-state index contributed by atoms with van der Waals surface area (Å²) in [6.07, 6.45) is 0.702. The van der Waals surface area contributed by atoms with E-state index in [1.54, 1.807) is 18.2 Å². The standard InChI is InChI=1S/C13H14N2O2/c14-12(10-6-7-15-11(16)8-10)13(17)9-4-2-1-3-5-9/h1-8,12-13,17H,14H2,(H,15,16). The summed E-state index contributed by atoms with van der Waals surface area (Å²) >= 11 is 0. The van der Waals surface area contributed by atoms with Gasteiger partial charge in [-0.15, -0.1) is 0 Å². The van der Waals surface area contributed by atoms with Crippen molar-refractivity contribution in [2.24, 2.45) is 5.73 Å². The van der Waals surface area contributed by atoms with Crippen LogP contribution in [0.3, 0.4) is 0 Å². The van der Waals surface area contributed by atoms with E-state index >= 15 is 0 Å². The van der Waals surface area contributed by atoms with Gasteiger partial charge >= 0.3 is 0 Å². The zero-order chi connectivity index (χ0) is 12.3. The van der Waals surface area contributed by atoms with Crippen LogP contribution in [-0.2, 0) is 0 Å². The number of pyridine rings is 1. The average molecular weight is 230 g/mol. The molecule has 4 N–H and O–H groups in total. The Morgan fingerprint density at radius 1 is 1.12 bits per heavy atom. The minimum absolute atomic E-state index is 0.224. The SMILES string of the molecule is NC(c1cc[nH]c(=O)c1)C(O)c1ccccc1. The number of hydrogen-bond donors (Lipinski definition) is 3. The van der Waals surface area contributed by atoms with E-state index in [2.05, 4.69) is 4.98 Å². The van der Waals surface area contributed by atoms with Crippen LogP contribution in [0.25, 0.3) is 0 Å². The number of aromatic amines is 1. The summed E-state index contributed by atoms with van der Waals surface area (Å²) in [5.41, 5.74) is 7.06. The maximum atomic E-state index is 11.2. The van der Waals surface area contributed by atoms with Gasteiger partial charge in [-0.1, -0.05) is 30.3 Å². The third kappa shape index (κ3) is 2.61. The van der Waals surface area contributed by atoms with Gasteiger partial charge in [-0.2, -0.15) is 0 Å². The average Bonchev–Trinajstić information content (AvgIpc) is 2.38. The third-order valence-corrected chi connectivity index (χ3v) is 2.67. The number of aliphatic hydroxyl groups excluding tert-OH is 1. The first-order valence-electron chi connectivity index (χ1n) is 5.36. The van der Waals surface area contributed by atoms with E-state index in [9.17, 15) is 9.90 Å². The van der Waals surface area contributed by atoms with E-state index in [4.69, 9.17) is 5.73 Å². The Labute approximate surface area is 98.7 Å². The van der Waals surface area contributed by atoms with Crippen LogP contribution in [0.5, 0.6) is 0 Å². The molecule has 0 aliphatic heterocycles. The van der Waals surface area contributed by atoms with Gasteiger partial charge in [0.05, 0.1) is 12.1 Å². The molecule has 1 aromatic carbocycles. The van der Waals surface area contributed by atoms with Crippen LogP contribution in [-0.4, -0.2) is 10.1 Å². The molecule has 0 amide bonds. The van der Waals surface area contributed by atoms with Crippen LogP contribution in [0.15, 0.2) is 53.5 Å². The number of aromatic nitrogens is 1. The Hall–Kier alpha value is -1.91. The van der Waals surface area contributed by atoms with Crippen molar-refractivity contribution in [1.29, 1.82) is 0 Å². The summed E-state index contributed by atoms with van der Waals surface area (Å²) in [7, 11) is 0. The molecule has 4 nitrogen and oxygen atoms in total. The van der Waals surface area contributed by atoms with Gasteiger partial charge in [0.15, 0.2) is 0 Å². The van der Waals surface area contributed by atoms with Crippen LogP contribution < -0.4 is 11.3 Å². The maximum absolute atomic E-state index is 11.2. The van der Waals surface area contributed by atoms with Crippen LogP contribution in [0.4, 0.5) is 0 Å². The molecule has 17 heavy (non-hydrogen) atoms. The van der Waals surface area contributed by atoms with E-state index < -0.39 is 12.1 Å². The van der Waals surface area contributed by atoms with Crippen molar-refractivity contribution in [2.75, 3.05) is 0 Å². The van der Waals surface area contributed by atoms with E-state index in [1.165, 1.54) is 12.3 Å².